The maximum atomic E-state index is 13.0. The normalized spacial score (nSPS) is 17.8. The van der Waals surface area contributed by atoms with Gasteiger partial charge in [0, 0.05) is 19.0 Å². The highest BCUT2D eigenvalue weighted by Crippen LogP contribution is 2.32. The maximum absolute atomic E-state index is 13.0. The quantitative estimate of drug-likeness (QED) is 0.944. The molecule has 124 valence electrons. The fourth-order valence-corrected chi connectivity index (χ4v) is 3.04. The van der Waals surface area contributed by atoms with Crippen LogP contribution in [0.15, 0.2) is 36.4 Å². The van der Waals surface area contributed by atoms with Crippen molar-refractivity contribution in [2.75, 3.05) is 31.6 Å². The first kappa shape index (κ1) is 15.1. The van der Waals surface area contributed by atoms with Crippen LogP contribution in [-0.4, -0.2) is 43.0 Å². The zero-order chi connectivity index (χ0) is 16.5. The predicted octanol–water partition coefficient (Wildman–Crippen LogP) is 2.66. The van der Waals surface area contributed by atoms with Crippen molar-refractivity contribution in [2.24, 2.45) is 5.92 Å². The van der Waals surface area contributed by atoms with Crippen molar-refractivity contribution in [2.45, 2.75) is 12.8 Å². The number of hydrogen-bond acceptors (Lipinski definition) is 3. The molecule has 0 radical (unpaired) electrons. The summed E-state index contributed by atoms with van der Waals surface area (Å²) in [4.78, 5) is 26.9. The van der Waals surface area contributed by atoms with E-state index in [2.05, 4.69) is 5.32 Å². The Labute approximate surface area is 140 Å². The Morgan fingerprint density at radius 2 is 1.71 bits per heavy atom. The molecule has 24 heavy (non-hydrogen) atoms. The zero-order valence-electron chi connectivity index (χ0n) is 13.5. The van der Waals surface area contributed by atoms with Crippen molar-refractivity contribution in [3.8, 4) is 0 Å². The lowest BCUT2D eigenvalue weighted by Crippen LogP contribution is -2.41. The maximum Gasteiger partial charge on any atom is 0.256 e. The van der Waals surface area contributed by atoms with Crippen LogP contribution in [0, 0.1) is 5.92 Å². The summed E-state index contributed by atoms with van der Waals surface area (Å²) < 4.78 is 5.33. The molecule has 1 aliphatic heterocycles. The molecule has 2 amide bonds. The van der Waals surface area contributed by atoms with E-state index in [0.29, 0.717) is 37.6 Å². The number of anilines is 1. The first-order chi connectivity index (χ1) is 11.7. The largest absolute Gasteiger partial charge is 0.378 e. The van der Waals surface area contributed by atoms with Gasteiger partial charge >= 0.3 is 0 Å². The van der Waals surface area contributed by atoms with Gasteiger partial charge in [-0.05, 0) is 35.7 Å². The van der Waals surface area contributed by atoms with E-state index >= 15 is 0 Å². The van der Waals surface area contributed by atoms with E-state index < -0.39 is 0 Å². The van der Waals surface area contributed by atoms with Gasteiger partial charge in [0.15, 0.2) is 0 Å². The van der Waals surface area contributed by atoms with Gasteiger partial charge in [0.05, 0.1) is 24.5 Å². The van der Waals surface area contributed by atoms with Crippen molar-refractivity contribution in [3.63, 3.8) is 0 Å². The molecule has 2 fully saturated rings. The number of carbonyl (C=O) groups excluding carboxylic acids is 2. The van der Waals surface area contributed by atoms with E-state index in [1.807, 2.05) is 36.4 Å². The molecule has 1 saturated carbocycles. The highest BCUT2D eigenvalue weighted by molar-refractivity contribution is 6.08. The minimum Gasteiger partial charge on any atom is -0.378 e. The summed E-state index contributed by atoms with van der Waals surface area (Å²) in [5, 5.41) is 4.98. The highest BCUT2D eigenvalue weighted by Gasteiger charge is 2.31. The fraction of sp³-hybridized carbons (Fsp3) is 0.368. The summed E-state index contributed by atoms with van der Waals surface area (Å²) in [5.41, 5.74) is 1.17. The summed E-state index contributed by atoms with van der Waals surface area (Å²) >= 11 is 0. The molecule has 4 rings (SSSR count). The van der Waals surface area contributed by atoms with E-state index in [-0.39, 0.29) is 17.7 Å². The van der Waals surface area contributed by atoms with Crippen LogP contribution in [0.4, 0.5) is 5.69 Å². The molecule has 0 aromatic heterocycles. The van der Waals surface area contributed by atoms with Crippen LogP contribution in [0.25, 0.3) is 10.8 Å². The lowest BCUT2D eigenvalue weighted by molar-refractivity contribution is -0.117. The van der Waals surface area contributed by atoms with Gasteiger partial charge in [0.1, 0.15) is 0 Å². The second-order valence-electron chi connectivity index (χ2n) is 6.41. The minimum absolute atomic E-state index is 0.0151. The predicted molar refractivity (Wildman–Crippen MR) is 92.0 cm³/mol. The Morgan fingerprint density at radius 1 is 1.04 bits per heavy atom. The molecule has 1 N–H and O–H groups in total. The van der Waals surface area contributed by atoms with Gasteiger partial charge in [-0.3, -0.25) is 9.59 Å². The van der Waals surface area contributed by atoms with Gasteiger partial charge in [-0.25, -0.2) is 0 Å². The van der Waals surface area contributed by atoms with E-state index in [4.69, 9.17) is 4.74 Å². The first-order valence-corrected chi connectivity index (χ1v) is 8.43. The lowest BCUT2D eigenvalue weighted by atomic mass is 10.0. The second-order valence-corrected chi connectivity index (χ2v) is 6.41. The summed E-state index contributed by atoms with van der Waals surface area (Å²) in [6.07, 6.45) is 1.87. The van der Waals surface area contributed by atoms with E-state index in [0.717, 1.165) is 23.6 Å². The molecule has 1 aliphatic carbocycles. The van der Waals surface area contributed by atoms with Crippen LogP contribution in [-0.2, 0) is 9.53 Å². The van der Waals surface area contributed by atoms with Crippen molar-refractivity contribution in [1.82, 2.24) is 4.90 Å². The molecule has 2 aliphatic rings. The number of amides is 2. The Balaban J connectivity index is 1.72. The van der Waals surface area contributed by atoms with Crippen molar-refractivity contribution in [1.29, 1.82) is 0 Å². The number of ether oxygens (including phenoxy) is 1. The molecule has 0 unspecified atom stereocenters. The number of morpholine rings is 1. The van der Waals surface area contributed by atoms with E-state index in [9.17, 15) is 9.59 Å². The molecular weight excluding hydrogens is 304 g/mol. The molecular formula is C19H20N2O3. The number of carbonyl (C=O) groups is 2. The number of benzene rings is 2. The van der Waals surface area contributed by atoms with Crippen LogP contribution in [0.5, 0.6) is 0 Å². The van der Waals surface area contributed by atoms with Gasteiger partial charge in [0.2, 0.25) is 5.91 Å². The molecule has 0 bridgehead atoms. The standard InChI is InChI=1S/C19H20N2O3/c22-18(13-5-6-13)20-17-12-15-4-2-1-3-14(15)11-16(17)19(23)21-7-9-24-10-8-21/h1-4,11-13H,5-10H2,(H,20,22). The average molecular weight is 324 g/mol. The number of nitrogens with one attached hydrogen (secondary N) is 1. The summed E-state index contributed by atoms with van der Waals surface area (Å²) in [5.74, 6) is 0.0688. The second kappa shape index (κ2) is 6.24. The molecule has 2 aromatic rings. The molecule has 0 atom stereocenters. The van der Waals surface area contributed by atoms with Crippen LogP contribution < -0.4 is 5.32 Å². The number of nitrogens with zero attached hydrogens (tertiary/aromatic N) is 1. The monoisotopic (exact) mass is 324 g/mol. The average Bonchev–Trinajstić information content (AvgIpc) is 3.46. The van der Waals surface area contributed by atoms with Crippen LogP contribution in [0.1, 0.15) is 23.2 Å². The molecule has 5 nitrogen and oxygen atoms in total. The zero-order valence-corrected chi connectivity index (χ0v) is 13.5. The first-order valence-electron chi connectivity index (χ1n) is 8.43. The van der Waals surface area contributed by atoms with E-state index in [1.54, 1.807) is 4.90 Å². The van der Waals surface area contributed by atoms with Crippen molar-refractivity contribution in [3.05, 3.63) is 42.0 Å². The lowest BCUT2D eigenvalue weighted by Gasteiger charge is -2.27. The summed E-state index contributed by atoms with van der Waals surface area (Å²) in [6, 6.07) is 11.7. The van der Waals surface area contributed by atoms with Gasteiger partial charge in [-0.2, -0.15) is 0 Å². The minimum atomic E-state index is -0.0462. The smallest absolute Gasteiger partial charge is 0.256 e. The molecule has 1 saturated heterocycles. The Bertz CT molecular complexity index is 792. The van der Waals surface area contributed by atoms with Crippen molar-refractivity contribution >= 4 is 28.3 Å². The number of fused-ring (bicyclic) bond motifs is 1. The van der Waals surface area contributed by atoms with Crippen LogP contribution in [0.3, 0.4) is 0 Å². The Morgan fingerprint density at radius 3 is 2.38 bits per heavy atom. The molecule has 5 heteroatoms. The molecule has 2 aromatic carbocycles. The van der Waals surface area contributed by atoms with Crippen LogP contribution in [0.2, 0.25) is 0 Å². The topological polar surface area (TPSA) is 58.6 Å². The summed E-state index contributed by atoms with van der Waals surface area (Å²) in [6.45, 7) is 2.29. The SMILES string of the molecule is O=C(Nc1cc2ccccc2cc1C(=O)N1CCOCC1)C1CC1. The van der Waals surface area contributed by atoms with E-state index in [1.165, 1.54) is 0 Å². The third-order valence-corrected chi connectivity index (χ3v) is 4.62. The van der Waals surface area contributed by atoms with Gasteiger partial charge in [0.25, 0.3) is 5.91 Å². The van der Waals surface area contributed by atoms with Gasteiger partial charge in [-0.15, -0.1) is 0 Å². The fourth-order valence-electron chi connectivity index (χ4n) is 3.04. The molecule has 0 spiro atoms. The highest BCUT2D eigenvalue weighted by atomic mass is 16.5. The number of hydrogen-bond donors (Lipinski definition) is 1. The van der Waals surface area contributed by atoms with Crippen LogP contribution >= 0.6 is 0 Å². The Kier molecular flexibility index (Phi) is 3.94. The third-order valence-electron chi connectivity index (χ3n) is 4.62. The van der Waals surface area contributed by atoms with Gasteiger partial charge in [-0.1, -0.05) is 24.3 Å². The summed E-state index contributed by atoms with van der Waals surface area (Å²) in [7, 11) is 0. The third kappa shape index (κ3) is 2.99. The Hall–Kier alpha value is -2.40. The molecule has 1 heterocycles. The van der Waals surface area contributed by atoms with Crippen molar-refractivity contribution < 1.29 is 14.3 Å². The number of rotatable bonds is 3. The van der Waals surface area contributed by atoms with Gasteiger partial charge < -0.3 is 15.0 Å².